The minimum absolute atomic E-state index is 0.131. The van der Waals surface area contributed by atoms with Crippen LogP contribution in [0.15, 0.2) is 60.7 Å². The Hall–Kier alpha value is -2.72. The number of rotatable bonds is 5. The molecule has 138 valence electrons. The Morgan fingerprint density at radius 3 is 2.48 bits per heavy atom. The lowest BCUT2D eigenvalue weighted by atomic mass is 10.0. The van der Waals surface area contributed by atoms with Crippen LogP contribution < -0.4 is 5.32 Å². The van der Waals surface area contributed by atoms with E-state index in [4.69, 9.17) is 0 Å². The Bertz CT molecular complexity index is 932. The molecular weight excluding hydrogens is 334 g/mol. The second kappa shape index (κ2) is 8.31. The molecule has 1 fully saturated rings. The van der Waals surface area contributed by atoms with Gasteiger partial charge in [0.25, 0.3) is 5.91 Å². The third-order valence-corrected chi connectivity index (χ3v) is 5.23. The molecule has 0 aliphatic carbocycles. The van der Waals surface area contributed by atoms with Gasteiger partial charge in [0, 0.05) is 18.5 Å². The molecule has 4 rings (SSSR count). The number of aromatic nitrogens is 1. The van der Waals surface area contributed by atoms with Gasteiger partial charge in [-0.3, -0.25) is 9.69 Å². The monoisotopic (exact) mass is 359 g/mol. The van der Waals surface area contributed by atoms with Crippen LogP contribution in [0, 0.1) is 0 Å². The summed E-state index contributed by atoms with van der Waals surface area (Å²) in [5.74, 6) is -0.131. The molecule has 1 amide bonds. The molecule has 0 bridgehead atoms. The zero-order chi connectivity index (χ0) is 18.5. The number of hydrogen-bond acceptors (Lipinski definition) is 3. The van der Waals surface area contributed by atoms with Crippen LogP contribution in [0.3, 0.4) is 0 Å². The van der Waals surface area contributed by atoms with Crippen molar-refractivity contribution in [3.05, 3.63) is 77.5 Å². The lowest BCUT2D eigenvalue weighted by Crippen LogP contribution is -2.30. The first-order valence-electron chi connectivity index (χ1n) is 9.73. The zero-order valence-electron chi connectivity index (χ0n) is 15.5. The number of piperidine rings is 1. The molecule has 1 aliphatic heterocycles. The predicted molar refractivity (Wildman–Crippen MR) is 108 cm³/mol. The number of fused-ring (bicyclic) bond motifs is 1. The predicted octanol–water partition coefficient (Wildman–Crippen LogP) is 4.15. The summed E-state index contributed by atoms with van der Waals surface area (Å²) in [6.45, 7) is 3.82. The molecule has 0 saturated carbocycles. The molecule has 0 spiro atoms. The molecule has 1 N–H and O–H groups in total. The summed E-state index contributed by atoms with van der Waals surface area (Å²) in [5, 5.41) is 4.08. The summed E-state index contributed by atoms with van der Waals surface area (Å²) >= 11 is 0. The Morgan fingerprint density at radius 1 is 0.889 bits per heavy atom. The molecule has 1 saturated heterocycles. The summed E-state index contributed by atoms with van der Waals surface area (Å²) in [5.41, 5.74) is 3.78. The van der Waals surface area contributed by atoms with E-state index in [0.717, 1.165) is 17.4 Å². The number of likely N-dealkylation sites (tertiary alicyclic amines) is 1. The maximum atomic E-state index is 12.6. The van der Waals surface area contributed by atoms with Crippen molar-refractivity contribution < 1.29 is 4.79 Å². The van der Waals surface area contributed by atoms with E-state index in [9.17, 15) is 4.79 Å². The van der Waals surface area contributed by atoms with Crippen molar-refractivity contribution >= 4 is 16.8 Å². The number of carbonyl (C=O) groups is 1. The highest BCUT2D eigenvalue weighted by Gasteiger charge is 2.13. The highest BCUT2D eigenvalue weighted by molar-refractivity contribution is 5.94. The number of para-hydroxylation sites is 1. The van der Waals surface area contributed by atoms with Gasteiger partial charge >= 0.3 is 0 Å². The van der Waals surface area contributed by atoms with Gasteiger partial charge < -0.3 is 5.32 Å². The lowest BCUT2D eigenvalue weighted by Gasteiger charge is -2.27. The van der Waals surface area contributed by atoms with E-state index in [1.165, 1.54) is 43.5 Å². The molecule has 2 heterocycles. The van der Waals surface area contributed by atoms with E-state index in [2.05, 4.69) is 33.4 Å². The quantitative estimate of drug-likeness (QED) is 0.744. The van der Waals surface area contributed by atoms with E-state index in [1.54, 1.807) is 6.07 Å². The fourth-order valence-electron chi connectivity index (χ4n) is 3.70. The number of hydrogen-bond donors (Lipinski definition) is 1. The van der Waals surface area contributed by atoms with E-state index in [0.29, 0.717) is 12.2 Å². The Kier molecular flexibility index (Phi) is 5.45. The smallest absolute Gasteiger partial charge is 0.270 e. The summed E-state index contributed by atoms with van der Waals surface area (Å²) in [4.78, 5) is 19.6. The molecule has 2 aromatic carbocycles. The first-order chi connectivity index (χ1) is 13.3. The van der Waals surface area contributed by atoms with Crippen molar-refractivity contribution in [1.82, 2.24) is 15.2 Å². The lowest BCUT2D eigenvalue weighted by molar-refractivity contribution is 0.0946. The van der Waals surface area contributed by atoms with Crippen molar-refractivity contribution in [2.45, 2.75) is 32.4 Å². The Morgan fingerprint density at radius 2 is 1.63 bits per heavy atom. The van der Waals surface area contributed by atoms with E-state index >= 15 is 0 Å². The van der Waals surface area contributed by atoms with E-state index in [-0.39, 0.29) is 5.91 Å². The summed E-state index contributed by atoms with van der Waals surface area (Å²) in [6.07, 6.45) is 3.91. The molecule has 4 heteroatoms. The zero-order valence-corrected chi connectivity index (χ0v) is 15.5. The maximum Gasteiger partial charge on any atom is 0.270 e. The second-order valence-electron chi connectivity index (χ2n) is 7.18. The number of nitrogens with one attached hydrogen (secondary N) is 1. The fraction of sp³-hybridized carbons (Fsp3) is 0.304. The van der Waals surface area contributed by atoms with Gasteiger partial charge in [-0.2, -0.15) is 0 Å². The third-order valence-electron chi connectivity index (χ3n) is 5.23. The summed E-state index contributed by atoms with van der Waals surface area (Å²) < 4.78 is 0. The molecule has 1 aromatic heterocycles. The Balaban J connectivity index is 1.43. The first kappa shape index (κ1) is 17.7. The number of nitrogens with zero attached hydrogens (tertiary/aromatic N) is 2. The van der Waals surface area contributed by atoms with Crippen LogP contribution >= 0.6 is 0 Å². The van der Waals surface area contributed by atoms with Crippen molar-refractivity contribution in [3.63, 3.8) is 0 Å². The van der Waals surface area contributed by atoms with Crippen LogP contribution in [0.5, 0.6) is 0 Å². The summed E-state index contributed by atoms with van der Waals surface area (Å²) in [7, 11) is 0. The SMILES string of the molecule is O=C(NCc1ccccc1CN1CCCCC1)c1ccc2ccccc2n1. The van der Waals surface area contributed by atoms with Crippen molar-refractivity contribution in [2.24, 2.45) is 0 Å². The van der Waals surface area contributed by atoms with Gasteiger partial charge in [0.2, 0.25) is 0 Å². The van der Waals surface area contributed by atoms with Crippen LogP contribution in [0.2, 0.25) is 0 Å². The molecular formula is C23H25N3O. The van der Waals surface area contributed by atoms with E-state index < -0.39 is 0 Å². The molecule has 27 heavy (non-hydrogen) atoms. The van der Waals surface area contributed by atoms with E-state index in [1.807, 2.05) is 36.4 Å². The molecule has 3 aromatic rings. The van der Waals surface area contributed by atoms with Crippen LogP contribution in [0.4, 0.5) is 0 Å². The van der Waals surface area contributed by atoms with Gasteiger partial charge in [-0.15, -0.1) is 0 Å². The molecule has 0 radical (unpaired) electrons. The first-order valence-corrected chi connectivity index (χ1v) is 9.73. The highest BCUT2D eigenvalue weighted by Crippen LogP contribution is 2.16. The largest absolute Gasteiger partial charge is 0.347 e. The van der Waals surface area contributed by atoms with Crippen molar-refractivity contribution in [2.75, 3.05) is 13.1 Å². The molecule has 0 unspecified atom stereocenters. The number of carbonyl (C=O) groups excluding carboxylic acids is 1. The standard InChI is InChI=1S/C23H25N3O/c27-23(22-13-12-18-8-4-5-11-21(18)25-22)24-16-19-9-2-3-10-20(19)17-26-14-6-1-7-15-26/h2-5,8-13H,1,6-7,14-17H2,(H,24,27). The molecule has 1 aliphatic rings. The minimum atomic E-state index is -0.131. The normalized spacial score (nSPS) is 15.0. The minimum Gasteiger partial charge on any atom is -0.347 e. The van der Waals surface area contributed by atoms with Gasteiger partial charge in [-0.25, -0.2) is 4.98 Å². The fourth-order valence-corrected chi connectivity index (χ4v) is 3.70. The Labute approximate surface area is 160 Å². The second-order valence-corrected chi connectivity index (χ2v) is 7.18. The van der Waals surface area contributed by atoms with Gasteiger partial charge in [0.05, 0.1) is 5.52 Å². The number of pyridine rings is 1. The van der Waals surface area contributed by atoms with Gasteiger partial charge in [-0.05, 0) is 49.2 Å². The van der Waals surface area contributed by atoms with Crippen LogP contribution in [-0.4, -0.2) is 28.9 Å². The maximum absolute atomic E-state index is 12.6. The van der Waals surface area contributed by atoms with Crippen LogP contribution in [0.25, 0.3) is 10.9 Å². The van der Waals surface area contributed by atoms with Crippen LogP contribution in [0.1, 0.15) is 40.9 Å². The van der Waals surface area contributed by atoms with Gasteiger partial charge in [0.1, 0.15) is 5.69 Å². The number of amides is 1. The highest BCUT2D eigenvalue weighted by atomic mass is 16.1. The van der Waals surface area contributed by atoms with Crippen LogP contribution in [-0.2, 0) is 13.1 Å². The molecule has 4 nitrogen and oxygen atoms in total. The summed E-state index contributed by atoms with van der Waals surface area (Å²) in [6, 6.07) is 20.0. The van der Waals surface area contributed by atoms with Gasteiger partial charge in [0.15, 0.2) is 0 Å². The van der Waals surface area contributed by atoms with Crippen molar-refractivity contribution in [1.29, 1.82) is 0 Å². The average Bonchev–Trinajstić information content (AvgIpc) is 2.73. The number of benzene rings is 2. The third kappa shape index (κ3) is 4.34. The topological polar surface area (TPSA) is 45.2 Å². The molecule has 0 atom stereocenters. The van der Waals surface area contributed by atoms with Crippen molar-refractivity contribution in [3.8, 4) is 0 Å². The van der Waals surface area contributed by atoms with Gasteiger partial charge in [-0.1, -0.05) is 55.0 Å². The average molecular weight is 359 g/mol.